The van der Waals surface area contributed by atoms with Gasteiger partial charge in [-0.1, -0.05) is 12.1 Å². The van der Waals surface area contributed by atoms with E-state index in [2.05, 4.69) is 4.90 Å². The van der Waals surface area contributed by atoms with E-state index in [1.165, 1.54) is 17.0 Å². The Balaban J connectivity index is 1.72. The number of aliphatic hydroxyl groups is 1. The first-order valence-electron chi connectivity index (χ1n) is 11.9. The predicted molar refractivity (Wildman–Crippen MR) is 131 cm³/mol. The summed E-state index contributed by atoms with van der Waals surface area (Å²) < 4.78 is 11.2. The molecule has 0 radical (unpaired) electrons. The molecular weight excluding hydrogens is 448 g/mol. The van der Waals surface area contributed by atoms with Crippen molar-refractivity contribution in [2.24, 2.45) is 0 Å². The Morgan fingerprint density at radius 1 is 1.09 bits per heavy atom. The van der Waals surface area contributed by atoms with Crippen molar-refractivity contribution in [1.82, 2.24) is 9.80 Å². The van der Waals surface area contributed by atoms with Gasteiger partial charge in [0.25, 0.3) is 11.7 Å². The molecule has 2 saturated heterocycles. The van der Waals surface area contributed by atoms with E-state index in [1.807, 2.05) is 20.8 Å². The Morgan fingerprint density at radius 2 is 1.77 bits per heavy atom. The Labute approximate surface area is 205 Å². The summed E-state index contributed by atoms with van der Waals surface area (Å²) in [6.45, 7) is 9.44. The van der Waals surface area contributed by atoms with Gasteiger partial charge < -0.3 is 24.6 Å². The summed E-state index contributed by atoms with van der Waals surface area (Å²) >= 11 is 0. The lowest BCUT2D eigenvalue weighted by atomic mass is 9.94. The van der Waals surface area contributed by atoms with Crippen LogP contribution in [0.15, 0.2) is 48.0 Å². The Hall–Kier alpha value is -3.36. The van der Waals surface area contributed by atoms with E-state index in [0.29, 0.717) is 43.2 Å². The van der Waals surface area contributed by atoms with Crippen molar-refractivity contribution in [1.29, 1.82) is 0 Å². The molecule has 1 unspecified atom stereocenters. The molecule has 1 amide bonds. The summed E-state index contributed by atoms with van der Waals surface area (Å²) in [6, 6.07) is 10.8. The number of nitrogens with zero attached hydrogens (tertiary/aromatic N) is 2. The van der Waals surface area contributed by atoms with E-state index in [1.54, 1.807) is 30.3 Å². The first-order valence-corrected chi connectivity index (χ1v) is 11.9. The molecule has 2 heterocycles. The molecule has 1 atom stereocenters. The minimum Gasteiger partial charge on any atom is -0.508 e. The quantitative estimate of drug-likeness (QED) is 0.357. The lowest BCUT2D eigenvalue weighted by Crippen LogP contribution is -2.42. The minimum atomic E-state index is -0.761. The molecule has 2 aliphatic rings. The van der Waals surface area contributed by atoms with E-state index in [9.17, 15) is 19.8 Å². The zero-order chi connectivity index (χ0) is 25.1. The number of aromatic hydroxyl groups is 1. The number of hydrogen-bond donors (Lipinski definition) is 2. The second kappa shape index (κ2) is 10.5. The molecular formula is C27H32N2O6. The number of aryl methyl sites for hydroxylation is 1. The van der Waals surface area contributed by atoms with Crippen LogP contribution >= 0.6 is 0 Å². The van der Waals surface area contributed by atoms with E-state index in [0.717, 1.165) is 18.7 Å². The third-order valence-corrected chi connectivity index (χ3v) is 6.32. The van der Waals surface area contributed by atoms with Crippen molar-refractivity contribution >= 4 is 17.4 Å². The van der Waals surface area contributed by atoms with Crippen LogP contribution in [0, 0.1) is 6.92 Å². The first-order chi connectivity index (χ1) is 16.8. The van der Waals surface area contributed by atoms with E-state index < -0.39 is 17.7 Å². The van der Waals surface area contributed by atoms with Crippen LogP contribution in [-0.2, 0) is 14.3 Å². The molecule has 0 saturated carbocycles. The molecule has 2 aromatic rings. The number of phenolic OH excluding ortho intramolecular Hbond substituents is 1. The minimum absolute atomic E-state index is 0.000524. The highest BCUT2D eigenvalue weighted by Gasteiger charge is 2.46. The monoisotopic (exact) mass is 480 g/mol. The Morgan fingerprint density at radius 3 is 2.40 bits per heavy atom. The van der Waals surface area contributed by atoms with Gasteiger partial charge in [0.2, 0.25) is 0 Å². The van der Waals surface area contributed by atoms with Crippen molar-refractivity contribution in [2.45, 2.75) is 32.9 Å². The second-order valence-electron chi connectivity index (χ2n) is 9.18. The molecule has 0 bridgehead atoms. The van der Waals surface area contributed by atoms with Crippen LogP contribution in [0.1, 0.15) is 36.6 Å². The molecule has 8 heteroatoms. The van der Waals surface area contributed by atoms with Gasteiger partial charge in [-0.05, 0) is 62.2 Å². The summed E-state index contributed by atoms with van der Waals surface area (Å²) in [6.07, 6.45) is -0.000524. The molecule has 2 fully saturated rings. The number of ether oxygens (including phenoxy) is 2. The summed E-state index contributed by atoms with van der Waals surface area (Å²) in [4.78, 5) is 30.0. The molecule has 35 heavy (non-hydrogen) atoms. The van der Waals surface area contributed by atoms with Gasteiger partial charge >= 0.3 is 0 Å². The number of phenols is 1. The van der Waals surface area contributed by atoms with Gasteiger partial charge in [0, 0.05) is 31.7 Å². The standard InChI is InChI=1S/C27H32N2O6/c1-17(2)35-22-9-6-20(16-18(22)3)25(31)23-24(19-4-7-21(30)8-5-19)29(27(33)26(23)32)11-10-28-12-14-34-15-13-28/h4-9,16-17,24,30-31H,10-15H2,1-3H3/b25-23-. The zero-order valence-corrected chi connectivity index (χ0v) is 20.4. The van der Waals surface area contributed by atoms with E-state index in [4.69, 9.17) is 9.47 Å². The highest BCUT2D eigenvalue weighted by molar-refractivity contribution is 6.46. The first kappa shape index (κ1) is 24.8. The number of rotatable bonds is 7. The summed E-state index contributed by atoms with van der Waals surface area (Å²) in [5.74, 6) is -0.820. The number of carbonyl (C=O) groups excluding carboxylic acids is 2. The maximum atomic E-state index is 13.2. The number of carbonyl (C=O) groups is 2. The average Bonchev–Trinajstić information content (AvgIpc) is 3.09. The van der Waals surface area contributed by atoms with Crippen LogP contribution in [0.25, 0.3) is 5.76 Å². The third kappa shape index (κ3) is 5.33. The van der Waals surface area contributed by atoms with Crippen molar-refractivity contribution < 1.29 is 29.3 Å². The fourth-order valence-corrected chi connectivity index (χ4v) is 4.53. The number of ketones is 1. The number of likely N-dealkylation sites (tertiary alicyclic amines) is 1. The average molecular weight is 481 g/mol. The number of hydrogen-bond acceptors (Lipinski definition) is 7. The SMILES string of the molecule is Cc1cc(/C(O)=C2/C(=O)C(=O)N(CCN3CCOCC3)C2c2ccc(O)cc2)ccc1OC(C)C. The fourth-order valence-electron chi connectivity index (χ4n) is 4.53. The van der Waals surface area contributed by atoms with E-state index >= 15 is 0 Å². The lowest BCUT2D eigenvalue weighted by Gasteiger charge is -2.31. The maximum absolute atomic E-state index is 13.2. The van der Waals surface area contributed by atoms with Gasteiger partial charge in [0.05, 0.1) is 30.9 Å². The molecule has 0 aliphatic carbocycles. The van der Waals surface area contributed by atoms with Crippen molar-refractivity contribution in [2.75, 3.05) is 39.4 Å². The smallest absolute Gasteiger partial charge is 0.295 e. The summed E-state index contributed by atoms with van der Waals surface area (Å²) in [7, 11) is 0. The normalized spacial score (nSPS) is 20.6. The van der Waals surface area contributed by atoms with Gasteiger partial charge in [-0.25, -0.2) is 0 Å². The number of morpholine rings is 1. The number of aliphatic hydroxyl groups excluding tert-OH is 1. The van der Waals surface area contributed by atoms with Crippen molar-refractivity contribution in [3.63, 3.8) is 0 Å². The Bertz CT molecular complexity index is 1120. The van der Waals surface area contributed by atoms with Crippen molar-refractivity contribution in [3.05, 3.63) is 64.7 Å². The fraction of sp³-hybridized carbons (Fsp3) is 0.407. The van der Waals surface area contributed by atoms with Gasteiger partial charge in [-0.2, -0.15) is 0 Å². The van der Waals surface area contributed by atoms with Gasteiger partial charge in [-0.15, -0.1) is 0 Å². The second-order valence-corrected chi connectivity index (χ2v) is 9.18. The van der Waals surface area contributed by atoms with Gasteiger partial charge in [-0.3, -0.25) is 14.5 Å². The topological polar surface area (TPSA) is 99.5 Å². The van der Waals surface area contributed by atoms with Crippen LogP contribution in [0.2, 0.25) is 0 Å². The van der Waals surface area contributed by atoms with Crippen LogP contribution in [-0.4, -0.2) is 77.2 Å². The van der Waals surface area contributed by atoms with Gasteiger partial charge in [0.1, 0.15) is 17.3 Å². The third-order valence-electron chi connectivity index (χ3n) is 6.32. The summed E-state index contributed by atoms with van der Waals surface area (Å²) in [5.41, 5.74) is 1.93. The van der Waals surface area contributed by atoms with Crippen LogP contribution in [0.3, 0.4) is 0 Å². The predicted octanol–water partition coefficient (Wildman–Crippen LogP) is 3.24. The number of benzene rings is 2. The molecule has 2 N–H and O–H groups in total. The zero-order valence-electron chi connectivity index (χ0n) is 20.4. The van der Waals surface area contributed by atoms with Crippen LogP contribution in [0.4, 0.5) is 0 Å². The number of amides is 1. The van der Waals surface area contributed by atoms with E-state index in [-0.39, 0.29) is 23.2 Å². The molecule has 186 valence electrons. The Kier molecular flexibility index (Phi) is 7.42. The summed E-state index contributed by atoms with van der Waals surface area (Å²) in [5, 5.41) is 21.1. The molecule has 0 spiro atoms. The molecule has 2 aromatic carbocycles. The van der Waals surface area contributed by atoms with Crippen LogP contribution < -0.4 is 4.74 Å². The largest absolute Gasteiger partial charge is 0.508 e. The lowest BCUT2D eigenvalue weighted by molar-refractivity contribution is -0.140. The van der Waals surface area contributed by atoms with Crippen molar-refractivity contribution in [3.8, 4) is 11.5 Å². The molecule has 2 aliphatic heterocycles. The van der Waals surface area contributed by atoms with Crippen LogP contribution in [0.5, 0.6) is 11.5 Å². The number of Topliss-reactive ketones (excluding diaryl/α,β-unsaturated/α-hetero) is 1. The molecule has 0 aromatic heterocycles. The highest BCUT2D eigenvalue weighted by atomic mass is 16.5. The molecule has 4 rings (SSSR count). The maximum Gasteiger partial charge on any atom is 0.295 e. The molecule has 8 nitrogen and oxygen atoms in total. The van der Waals surface area contributed by atoms with Gasteiger partial charge in [0.15, 0.2) is 0 Å². The highest BCUT2D eigenvalue weighted by Crippen LogP contribution is 2.40.